The van der Waals surface area contributed by atoms with Gasteiger partial charge in [-0.15, -0.1) is 0 Å². The lowest BCUT2D eigenvalue weighted by Gasteiger charge is -2.24. The summed E-state index contributed by atoms with van der Waals surface area (Å²) in [5, 5.41) is 0. The van der Waals surface area contributed by atoms with Crippen molar-refractivity contribution in [1.29, 1.82) is 0 Å². The van der Waals surface area contributed by atoms with Crippen LogP contribution in [0, 0.1) is 0 Å². The minimum Gasteiger partial charge on any atom is -0.430 e. The summed E-state index contributed by atoms with van der Waals surface area (Å²) in [6.07, 6.45) is 2.10. The van der Waals surface area contributed by atoms with Crippen LogP contribution in [0.25, 0.3) is 0 Å². The van der Waals surface area contributed by atoms with Crippen molar-refractivity contribution in [1.82, 2.24) is 0 Å². The maximum absolute atomic E-state index is 11.4. The van der Waals surface area contributed by atoms with E-state index < -0.39 is 18.8 Å². The molecule has 118 valence electrons. The molecule has 0 aromatic heterocycles. The van der Waals surface area contributed by atoms with Crippen LogP contribution < -0.4 is 0 Å². The van der Waals surface area contributed by atoms with E-state index in [2.05, 4.69) is 76.9 Å². The molecule has 0 aliphatic carbocycles. The molecule has 0 unspecified atom stereocenters. The highest BCUT2D eigenvalue weighted by Crippen LogP contribution is 2.44. The zero-order valence-corrected chi connectivity index (χ0v) is 17.4. The minimum absolute atomic E-state index is 0.568. The first-order valence-corrected chi connectivity index (χ1v) is 8.87. The zero-order chi connectivity index (χ0) is 17.0. The van der Waals surface area contributed by atoms with Gasteiger partial charge >= 0.3 is 11.9 Å². The van der Waals surface area contributed by atoms with Gasteiger partial charge in [0.15, 0.2) is 0 Å². The Kier molecular flexibility index (Phi) is 7.04. The number of hydrogen-bond donors (Lipinski definition) is 0. The van der Waals surface area contributed by atoms with Crippen LogP contribution in [-0.2, 0) is 25.9 Å². The van der Waals surface area contributed by atoms with E-state index in [1.807, 2.05) is 0 Å². The second kappa shape index (κ2) is 7.90. The second-order valence-corrected chi connectivity index (χ2v) is 10.5. The standard InChI is InChI=1S/C14H10Br4O4/c1-3-11(19)21-13(15,16)9-6-5-7-10(8-9)14(17,18)22-12(20)4-2/h3-8H,1-2H2. The largest absolute Gasteiger partial charge is 0.430 e. The summed E-state index contributed by atoms with van der Waals surface area (Å²) in [4.78, 5) is 22.7. The summed E-state index contributed by atoms with van der Waals surface area (Å²) in [6.45, 7) is 6.68. The second-order valence-electron chi connectivity index (χ2n) is 3.86. The Morgan fingerprint density at radius 3 is 1.59 bits per heavy atom. The fraction of sp³-hybridized carbons (Fsp3) is 0.143. The molecule has 0 spiro atoms. The number of carbonyl (C=O) groups excluding carboxylic acids is 2. The van der Waals surface area contributed by atoms with E-state index in [1.165, 1.54) is 0 Å². The fourth-order valence-corrected chi connectivity index (χ4v) is 2.96. The van der Waals surface area contributed by atoms with Gasteiger partial charge in [-0.1, -0.05) is 31.4 Å². The normalized spacial score (nSPS) is 11.5. The van der Waals surface area contributed by atoms with Crippen LogP contribution in [0.5, 0.6) is 0 Å². The predicted molar refractivity (Wildman–Crippen MR) is 98.1 cm³/mol. The number of hydrogen-bond acceptors (Lipinski definition) is 4. The van der Waals surface area contributed by atoms with Gasteiger partial charge in [0, 0.05) is 23.3 Å². The number of rotatable bonds is 6. The molecular weight excluding hydrogens is 552 g/mol. The van der Waals surface area contributed by atoms with E-state index in [4.69, 9.17) is 9.47 Å². The number of benzene rings is 1. The van der Waals surface area contributed by atoms with Crippen molar-refractivity contribution in [3.05, 3.63) is 60.7 Å². The van der Waals surface area contributed by atoms with Gasteiger partial charge in [-0.2, -0.15) is 0 Å². The van der Waals surface area contributed by atoms with E-state index in [1.54, 1.807) is 24.3 Å². The third-order valence-corrected chi connectivity index (χ3v) is 4.80. The van der Waals surface area contributed by atoms with Crippen LogP contribution in [0.4, 0.5) is 0 Å². The Labute approximate surface area is 161 Å². The first-order valence-electron chi connectivity index (χ1n) is 5.70. The van der Waals surface area contributed by atoms with Crippen molar-refractivity contribution in [2.24, 2.45) is 0 Å². The molecule has 1 rings (SSSR count). The van der Waals surface area contributed by atoms with Crippen LogP contribution in [0.2, 0.25) is 0 Å². The summed E-state index contributed by atoms with van der Waals surface area (Å²) >= 11 is 13.1. The van der Waals surface area contributed by atoms with E-state index in [0.717, 1.165) is 12.2 Å². The summed E-state index contributed by atoms with van der Waals surface area (Å²) in [7, 11) is 0. The molecule has 0 heterocycles. The molecule has 0 N–H and O–H groups in total. The molecule has 4 nitrogen and oxygen atoms in total. The number of carbonyl (C=O) groups is 2. The Morgan fingerprint density at radius 2 is 1.27 bits per heavy atom. The van der Waals surface area contributed by atoms with Crippen LogP contribution in [-0.4, -0.2) is 11.9 Å². The highest BCUT2D eigenvalue weighted by molar-refractivity contribution is 9.25. The molecule has 0 atom stereocenters. The van der Waals surface area contributed by atoms with E-state index in [0.29, 0.717) is 11.1 Å². The summed E-state index contributed by atoms with van der Waals surface area (Å²) < 4.78 is 7.86. The van der Waals surface area contributed by atoms with Crippen molar-refractivity contribution in [2.45, 2.75) is 6.84 Å². The van der Waals surface area contributed by atoms with Crippen molar-refractivity contribution in [2.75, 3.05) is 0 Å². The van der Waals surface area contributed by atoms with Gasteiger partial charge in [-0.05, 0) is 69.8 Å². The van der Waals surface area contributed by atoms with Gasteiger partial charge in [0.1, 0.15) is 0 Å². The average molecular weight is 562 g/mol. The third-order valence-electron chi connectivity index (χ3n) is 2.33. The lowest BCUT2D eigenvalue weighted by atomic mass is 10.1. The number of alkyl halides is 4. The first kappa shape index (κ1) is 19.6. The molecule has 0 bridgehead atoms. The Balaban J connectivity index is 3.12. The lowest BCUT2D eigenvalue weighted by Crippen LogP contribution is -2.21. The number of esters is 2. The molecule has 0 aliphatic rings. The molecule has 1 aromatic carbocycles. The topological polar surface area (TPSA) is 52.6 Å². The van der Waals surface area contributed by atoms with E-state index in [-0.39, 0.29) is 0 Å². The van der Waals surface area contributed by atoms with E-state index >= 15 is 0 Å². The average Bonchev–Trinajstić information content (AvgIpc) is 2.46. The Morgan fingerprint density at radius 1 is 0.909 bits per heavy atom. The van der Waals surface area contributed by atoms with Gasteiger partial charge in [0.2, 0.25) is 6.84 Å². The quantitative estimate of drug-likeness (QED) is 0.280. The third kappa shape index (κ3) is 5.33. The molecule has 1 aromatic rings. The number of ether oxygens (including phenoxy) is 2. The molecule has 0 saturated carbocycles. The summed E-state index contributed by atoms with van der Waals surface area (Å²) in [5.74, 6) is -1.22. The molecule has 0 amide bonds. The molecule has 0 radical (unpaired) electrons. The van der Waals surface area contributed by atoms with Gasteiger partial charge in [0.05, 0.1) is 0 Å². The van der Waals surface area contributed by atoms with Gasteiger partial charge in [-0.3, -0.25) is 0 Å². The summed E-state index contributed by atoms with van der Waals surface area (Å²) in [5.41, 5.74) is 1.14. The molecular formula is C14H10Br4O4. The minimum atomic E-state index is -1.24. The highest BCUT2D eigenvalue weighted by Gasteiger charge is 2.34. The fourth-order valence-electron chi connectivity index (χ4n) is 1.34. The van der Waals surface area contributed by atoms with E-state index in [9.17, 15) is 9.59 Å². The molecule has 22 heavy (non-hydrogen) atoms. The Hall–Kier alpha value is -0.440. The smallest absolute Gasteiger partial charge is 0.332 e. The van der Waals surface area contributed by atoms with Crippen LogP contribution >= 0.6 is 63.7 Å². The van der Waals surface area contributed by atoms with Gasteiger partial charge in [-0.25, -0.2) is 9.59 Å². The maximum atomic E-state index is 11.4. The maximum Gasteiger partial charge on any atom is 0.332 e. The molecule has 0 fully saturated rings. The van der Waals surface area contributed by atoms with Crippen LogP contribution in [0.3, 0.4) is 0 Å². The van der Waals surface area contributed by atoms with Crippen molar-refractivity contribution >= 4 is 75.7 Å². The van der Waals surface area contributed by atoms with Crippen molar-refractivity contribution < 1.29 is 19.1 Å². The first-order chi connectivity index (χ1) is 10.1. The van der Waals surface area contributed by atoms with Crippen molar-refractivity contribution in [3.8, 4) is 0 Å². The zero-order valence-electron chi connectivity index (χ0n) is 11.0. The number of halogens is 4. The molecule has 8 heteroatoms. The lowest BCUT2D eigenvalue weighted by molar-refractivity contribution is -0.141. The SMILES string of the molecule is C=CC(=O)OC(Br)(Br)c1cccc(C(Br)(Br)OC(=O)C=C)c1. The van der Waals surface area contributed by atoms with Crippen LogP contribution in [0.15, 0.2) is 49.6 Å². The van der Waals surface area contributed by atoms with Gasteiger partial charge < -0.3 is 9.47 Å². The monoisotopic (exact) mass is 558 g/mol. The Bertz CT molecular complexity index is 561. The molecule has 0 saturated heterocycles. The molecule has 0 aliphatic heterocycles. The summed E-state index contributed by atoms with van der Waals surface area (Å²) in [6, 6.07) is 6.81. The predicted octanol–water partition coefficient (Wildman–Crippen LogP) is 4.95. The van der Waals surface area contributed by atoms with Crippen molar-refractivity contribution in [3.63, 3.8) is 0 Å². The highest BCUT2D eigenvalue weighted by atomic mass is 79.9. The van der Waals surface area contributed by atoms with Gasteiger partial charge in [0.25, 0.3) is 0 Å². The van der Waals surface area contributed by atoms with Crippen LogP contribution in [0.1, 0.15) is 11.1 Å².